The number of carbonyl (C=O) groups excluding carboxylic acids is 1. The van der Waals surface area contributed by atoms with E-state index in [1.165, 1.54) is 5.57 Å². The quantitative estimate of drug-likeness (QED) is 0.740. The summed E-state index contributed by atoms with van der Waals surface area (Å²) in [5.41, 5.74) is 1.62. The van der Waals surface area contributed by atoms with Crippen molar-refractivity contribution in [2.45, 2.75) is 64.9 Å². The Balaban J connectivity index is 1.60. The second-order valence-electron chi connectivity index (χ2n) is 9.37. The van der Waals surface area contributed by atoms with Gasteiger partial charge in [0.05, 0.1) is 11.8 Å². The first-order valence-electron chi connectivity index (χ1n) is 10.1. The van der Waals surface area contributed by atoms with Gasteiger partial charge in [-0.05, 0) is 61.9 Å². The van der Waals surface area contributed by atoms with E-state index < -0.39 is 12.6 Å². The van der Waals surface area contributed by atoms with Crippen LogP contribution < -0.4 is 0 Å². The van der Waals surface area contributed by atoms with Crippen LogP contribution in [0, 0.1) is 28.6 Å². The van der Waals surface area contributed by atoms with E-state index in [0.29, 0.717) is 30.5 Å². The monoisotopic (exact) mass is 375 g/mol. The molecule has 6 atom stereocenters. The number of aliphatic carboxylic acids is 1. The summed E-state index contributed by atoms with van der Waals surface area (Å²) in [7, 11) is 0. The molecule has 6 nitrogen and oxygen atoms in total. The summed E-state index contributed by atoms with van der Waals surface area (Å²) < 4.78 is 0. The number of oxime groups is 1. The molecule has 0 bridgehead atoms. The molecule has 27 heavy (non-hydrogen) atoms. The highest BCUT2D eigenvalue weighted by atomic mass is 16.6. The van der Waals surface area contributed by atoms with Crippen LogP contribution in [0.3, 0.4) is 0 Å². The molecule has 3 fully saturated rings. The third kappa shape index (κ3) is 2.84. The molecular formula is C21H29NO5. The number of carboxylic acids is 1. The minimum absolute atomic E-state index is 0.0300. The van der Waals surface area contributed by atoms with Crippen LogP contribution >= 0.6 is 0 Å². The number of aliphatic hydroxyl groups excluding tert-OH is 1. The fourth-order valence-electron chi connectivity index (χ4n) is 6.61. The Morgan fingerprint density at radius 3 is 2.81 bits per heavy atom. The zero-order chi connectivity index (χ0) is 19.4. The minimum Gasteiger partial charge on any atom is -0.479 e. The number of nitrogens with zero attached hydrogens (tertiary/aromatic N) is 1. The Kier molecular flexibility index (Phi) is 4.45. The van der Waals surface area contributed by atoms with E-state index in [1.807, 2.05) is 6.08 Å². The van der Waals surface area contributed by atoms with Gasteiger partial charge in [-0.2, -0.15) is 0 Å². The van der Waals surface area contributed by atoms with E-state index in [1.54, 1.807) is 0 Å². The summed E-state index contributed by atoms with van der Waals surface area (Å²) in [6.07, 6.45) is 7.46. The van der Waals surface area contributed by atoms with Crippen molar-refractivity contribution in [2.75, 3.05) is 6.61 Å². The maximum Gasteiger partial charge on any atom is 0.344 e. The highest BCUT2D eigenvalue weighted by Gasteiger charge is 2.61. The van der Waals surface area contributed by atoms with E-state index in [-0.39, 0.29) is 22.9 Å². The summed E-state index contributed by atoms with van der Waals surface area (Å²) in [4.78, 5) is 28.7. The number of carboxylic acid groups (broad SMARTS) is 1. The average Bonchev–Trinajstić information content (AvgIpc) is 2.89. The van der Waals surface area contributed by atoms with E-state index in [4.69, 9.17) is 9.94 Å². The molecule has 4 aliphatic rings. The van der Waals surface area contributed by atoms with Gasteiger partial charge in [0.15, 0.2) is 0 Å². The Bertz CT molecular complexity index is 728. The van der Waals surface area contributed by atoms with Gasteiger partial charge in [-0.3, -0.25) is 4.79 Å². The number of rotatable bonds is 3. The Labute approximate surface area is 159 Å². The molecular weight excluding hydrogens is 346 g/mol. The van der Waals surface area contributed by atoms with Crippen molar-refractivity contribution in [1.82, 2.24) is 0 Å². The molecule has 0 aromatic carbocycles. The zero-order valence-electron chi connectivity index (χ0n) is 16.1. The molecule has 0 spiro atoms. The van der Waals surface area contributed by atoms with Crippen molar-refractivity contribution in [3.05, 3.63) is 11.6 Å². The first-order chi connectivity index (χ1) is 12.8. The lowest BCUT2D eigenvalue weighted by Gasteiger charge is -2.56. The van der Waals surface area contributed by atoms with Crippen LogP contribution in [0.5, 0.6) is 0 Å². The van der Waals surface area contributed by atoms with Crippen molar-refractivity contribution >= 4 is 17.5 Å². The van der Waals surface area contributed by atoms with Gasteiger partial charge in [0, 0.05) is 17.8 Å². The molecule has 6 heteroatoms. The number of fused-ring (bicyclic) bond motifs is 5. The van der Waals surface area contributed by atoms with Gasteiger partial charge >= 0.3 is 5.97 Å². The summed E-state index contributed by atoms with van der Waals surface area (Å²) in [6, 6.07) is 0. The third-order valence-electron chi connectivity index (χ3n) is 7.98. The zero-order valence-corrected chi connectivity index (χ0v) is 16.1. The van der Waals surface area contributed by atoms with Crippen LogP contribution in [0.25, 0.3) is 0 Å². The number of aliphatic hydroxyl groups is 1. The van der Waals surface area contributed by atoms with Crippen molar-refractivity contribution in [1.29, 1.82) is 0 Å². The molecule has 0 heterocycles. The maximum atomic E-state index is 13.3. The molecule has 4 aliphatic carbocycles. The number of hydrogen-bond acceptors (Lipinski definition) is 5. The van der Waals surface area contributed by atoms with Gasteiger partial charge < -0.3 is 15.1 Å². The van der Waals surface area contributed by atoms with E-state index in [2.05, 4.69) is 19.0 Å². The van der Waals surface area contributed by atoms with Gasteiger partial charge in [-0.1, -0.05) is 24.6 Å². The van der Waals surface area contributed by atoms with Gasteiger partial charge in [0.25, 0.3) is 0 Å². The van der Waals surface area contributed by atoms with Gasteiger partial charge in [0.1, 0.15) is 5.78 Å². The van der Waals surface area contributed by atoms with Crippen LogP contribution in [0.15, 0.2) is 16.8 Å². The smallest absolute Gasteiger partial charge is 0.344 e. The summed E-state index contributed by atoms with van der Waals surface area (Å²) in [5.74, 6) is 0.0975. The predicted octanol–water partition coefficient (Wildman–Crippen LogP) is 2.95. The van der Waals surface area contributed by atoms with Crippen molar-refractivity contribution in [2.24, 2.45) is 33.7 Å². The second-order valence-corrected chi connectivity index (χ2v) is 9.37. The molecule has 0 aromatic rings. The molecule has 0 saturated heterocycles. The molecule has 3 saturated carbocycles. The average molecular weight is 375 g/mol. The minimum atomic E-state index is -1.04. The lowest BCUT2D eigenvalue weighted by Crippen LogP contribution is -2.55. The normalized spacial score (nSPS) is 44.9. The topological polar surface area (TPSA) is 96.2 Å². The van der Waals surface area contributed by atoms with Crippen LogP contribution in [0.4, 0.5) is 0 Å². The third-order valence-corrected chi connectivity index (χ3v) is 7.98. The summed E-state index contributed by atoms with van der Waals surface area (Å²) in [6.45, 7) is 3.90. The Morgan fingerprint density at radius 2 is 2.07 bits per heavy atom. The first kappa shape index (κ1) is 18.7. The first-order valence-corrected chi connectivity index (χ1v) is 10.1. The summed E-state index contributed by atoms with van der Waals surface area (Å²) in [5, 5.41) is 23.2. The molecule has 0 aliphatic heterocycles. The van der Waals surface area contributed by atoms with Crippen molar-refractivity contribution < 1.29 is 24.6 Å². The fourth-order valence-corrected chi connectivity index (χ4v) is 6.61. The van der Waals surface area contributed by atoms with E-state index in [9.17, 15) is 14.7 Å². The highest BCUT2D eigenvalue weighted by Crippen LogP contribution is 2.64. The molecule has 3 unspecified atom stereocenters. The van der Waals surface area contributed by atoms with Crippen molar-refractivity contribution in [3.8, 4) is 0 Å². The predicted molar refractivity (Wildman–Crippen MR) is 99.1 cm³/mol. The lowest BCUT2D eigenvalue weighted by molar-refractivity contribution is -0.148. The standard InChI is InChI=1S/C21H29NO5/c1-20-8-7-13(22-27-11-18(25)26)9-12(20)3-4-14-15-5-6-17(24)21(15,2)10-16(23)19(14)20/h9,14-15,17,19,24H,3-8,10-11H2,1-2H3,(H,25,26)/b22-13+/t14?,15?,17-,19?,20-,21-/m0/s1. The number of carbonyl (C=O) groups is 2. The van der Waals surface area contributed by atoms with Crippen LogP contribution in [0.2, 0.25) is 0 Å². The Morgan fingerprint density at radius 1 is 1.30 bits per heavy atom. The number of ketones is 1. The molecule has 0 radical (unpaired) electrons. The molecule has 0 amide bonds. The second kappa shape index (κ2) is 6.43. The van der Waals surface area contributed by atoms with E-state index in [0.717, 1.165) is 37.8 Å². The number of hydrogen-bond donors (Lipinski definition) is 2. The molecule has 4 rings (SSSR count). The fraction of sp³-hybridized carbons (Fsp3) is 0.762. The van der Waals surface area contributed by atoms with Gasteiger partial charge in [0.2, 0.25) is 6.61 Å². The van der Waals surface area contributed by atoms with Crippen LogP contribution in [-0.2, 0) is 14.4 Å². The summed E-state index contributed by atoms with van der Waals surface area (Å²) >= 11 is 0. The Hall–Kier alpha value is -1.69. The van der Waals surface area contributed by atoms with Crippen molar-refractivity contribution in [3.63, 3.8) is 0 Å². The van der Waals surface area contributed by atoms with Gasteiger partial charge in [-0.15, -0.1) is 0 Å². The van der Waals surface area contributed by atoms with Gasteiger partial charge in [-0.25, -0.2) is 4.79 Å². The lowest BCUT2D eigenvalue weighted by atomic mass is 9.47. The highest BCUT2D eigenvalue weighted by molar-refractivity contribution is 5.97. The van der Waals surface area contributed by atoms with E-state index >= 15 is 0 Å². The van der Waals surface area contributed by atoms with Crippen LogP contribution in [-0.4, -0.2) is 40.4 Å². The SMILES string of the molecule is C[C@]12CC/C(=N\OCC(=O)O)C=C1CCC1C2C(=O)C[C@@]2(C)C1CC[C@@H]2O. The van der Waals surface area contributed by atoms with Crippen LogP contribution in [0.1, 0.15) is 58.8 Å². The molecule has 2 N–H and O–H groups in total. The largest absolute Gasteiger partial charge is 0.479 e. The molecule has 148 valence electrons. The number of Topliss-reactive ketones (excluding diaryl/α,β-unsaturated/α-hetero) is 1. The molecule has 0 aromatic heterocycles. The maximum absolute atomic E-state index is 13.3. The number of allylic oxidation sites excluding steroid dienone is 2.